The number of benzene rings is 1. The Hall–Kier alpha value is -0.670. The van der Waals surface area contributed by atoms with Gasteiger partial charge in [-0.05, 0) is 31.5 Å². The van der Waals surface area contributed by atoms with Gasteiger partial charge in [0.2, 0.25) is 0 Å². The Morgan fingerprint density at radius 2 is 2.23 bits per heavy atom. The van der Waals surface area contributed by atoms with Crippen molar-refractivity contribution in [1.29, 1.82) is 0 Å². The summed E-state index contributed by atoms with van der Waals surface area (Å²) in [6, 6.07) is 5.82. The number of aliphatic hydroxyl groups is 1. The van der Waals surface area contributed by atoms with Gasteiger partial charge in [0.1, 0.15) is 11.7 Å². The van der Waals surface area contributed by atoms with Crippen molar-refractivity contribution in [1.82, 2.24) is 0 Å². The van der Waals surface area contributed by atoms with Crippen LogP contribution in [0, 0.1) is 0 Å². The summed E-state index contributed by atoms with van der Waals surface area (Å²) in [6.07, 6.45) is 0. The molecule has 0 spiro atoms. The predicted molar refractivity (Wildman–Crippen MR) is 53.0 cm³/mol. The van der Waals surface area contributed by atoms with Crippen molar-refractivity contribution in [3.63, 3.8) is 0 Å². The van der Waals surface area contributed by atoms with Gasteiger partial charge in [-0.15, -0.1) is 0 Å². The van der Waals surface area contributed by atoms with Crippen LogP contribution in [0.15, 0.2) is 23.1 Å². The minimum atomic E-state index is -0.766. The van der Waals surface area contributed by atoms with Crippen molar-refractivity contribution >= 4 is 11.8 Å². The molecule has 1 aromatic carbocycles. The molecule has 1 aliphatic rings. The molecule has 0 amide bonds. The molecule has 0 radical (unpaired) electrons. The van der Waals surface area contributed by atoms with Crippen LogP contribution in [0.1, 0.15) is 19.4 Å². The van der Waals surface area contributed by atoms with Crippen LogP contribution < -0.4 is 4.74 Å². The second-order valence-electron chi connectivity index (χ2n) is 3.63. The van der Waals surface area contributed by atoms with Crippen molar-refractivity contribution in [3.8, 4) is 5.75 Å². The second-order valence-corrected chi connectivity index (χ2v) is 4.59. The van der Waals surface area contributed by atoms with Crippen LogP contribution in [0.5, 0.6) is 5.75 Å². The fraction of sp³-hybridized carbons (Fsp3) is 0.400. The maximum absolute atomic E-state index is 9.77. The molecule has 0 aliphatic carbocycles. The lowest BCUT2D eigenvalue weighted by Gasteiger charge is -2.17. The van der Waals surface area contributed by atoms with Gasteiger partial charge >= 0.3 is 0 Å². The van der Waals surface area contributed by atoms with Crippen LogP contribution >= 0.6 is 11.8 Å². The van der Waals surface area contributed by atoms with Gasteiger partial charge < -0.3 is 9.84 Å². The monoisotopic (exact) mass is 196 g/mol. The molecule has 1 aliphatic heterocycles. The van der Waals surface area contributed by atoms with E-state index in [1.54, 1.807) is 25.6 Å². The van der Waals surface area contributed by atoms with Gasteiger partial charge in [-0.2, -0.15) is 0 Å². The fourth-order valence-electron chi connectivity index (χ4n) is 1.28. The quantitative estimate of drug-likeness (QED) is 0.747. The molecule has 1 heterocycles. The third kappa shape index (κ3) is 1.67. The maximum atomic E-state index is 9.77. The normalized spacial score (nSPS) is 15.3. The highest BCUT2D eigenvalue weighted by Gasteiger charge is 2.20. The minimum Gasteiger partial charge on any atom is -0.481 e. The van der Waals surface area contributed by atoms with Crippen molar-refractivity contribution in [2.45, 2.75) is 24.3 Å². The number of thioether (sulfide) groups is 1. The highest BCUT2D eigenvalue weighted by Crippen LogP contribution is 2.38. The fourth-order valence-corrected chi connectivity index (χ4v) is 2.07. The van der Waals surface area contributed by atoms with Gasteiger partial charge in [0.05, 0.1) is 10.5 Å². The molecule has 2 rings (SSSR count). The molecule has 0 saturated carbocycles. The van der Waals surface area contributed by atoms with Crippen LogP contribution in [-0.4, -0.2) is 11.0 Å². The predicted octanol–water partition coefficient (Wildman–Crippen LogP) is 2.36. The van der Waals surface area contributed by atoms with E-state index in [9.17, 15) is 5.11 Å². The molecular formula is C10H12O2S. The van der Waals surface area contributed by atoms with Crippen LogP contribution in [0.4, 0.5) is 0 Å². The van der Waals surface area contributed by atoms with Crippen molar-refractivity contribution < 1.29 is 9.84 Å². The van der Waals surface area contributed by atoms with E-state index in [1.165, 1.54) is 0 Å². The first kappa shape index (κ1) is 8.91. The van der Waals surface area contributed by atoms with Crippen molar-refractivity contribution in [2.75, 3.05) is 5.94 Å². The summed E-state index contributed by atoms with van der Waals surface area (Å²) < 4.78 is 5.35. The molecule has 0 unspecified atom stereocenters. The highest BCUT2D eigenvalue weighted by molar-refractivity contribution is 7.99. The highest BCUT2D eigenvalue weighted by atomic mass is 32.2. The van der Waals surface area contributed by atoms with E-state index in [-0.39, 0.29) is 0 Å². The molecule has 70 valence electrons. The zero-order valence-electron chi connectivity index (χ0n) is 7.70. The topological polar surface area (TPSA) is 29.5 Å². The molecule has 3 heteroatoms. The maximum Gasteiger partial charge on any atom is 0.138 e. The Balaban J connectivity index is 2.42. The standard InChI is InChI=1S/C10H12O2S/c1-10(2,11)7-3-4-8-9(5-7)13-6-12-8/h3-5,11H,6H2,1-2H3. The first-order valence-corrected chi connectivity index (χ1v) is 5.18. The number of ether oxygens (including phenoxy) is 1. The Morgan fingerprint density at radius 3 is 2.92 bits per heavy atom. The van der Waals surface area contributed by atoms with Crippen molar-refractivity contribution in [2.24, 2.45) is 0 Å². The molecule has 1 aromatic rings. The summed E-state index contributed by atoms with van der Waals surface area (Å²) in [5.74, 6) is 1.61. The van der Waals surface area contributed by atoms with E-state index in [0.717, 1.165) is 16.2 Å². The lowest BCUT2D eigenvalue weighted by Crippen LogP contribution is -2.15. The number of hydrogen-bond donors (Lipinski definition) is 1. The van der Waals surface area contributed by atoms with Gasteiger partial charge in [-0.25, -0.2) is 0 Å². The van der Waals surface area contributed by atoms with Crippen LogP contribution in [0.2, 0.25) is 0 Å². The van der Waals surface area contributed by atoms with E-state index in [4.69, 9.17) is 4.74 Å². The average Bonchev–Trinajstić information content (AvgIpc) is 2.47. The minimum absolute atomic E-state index is 0.685. The molecule has 0 aromatic heterocycles. The van der Waals surface area contributed by atoms with E-state index in [2.05, 4.69) is 0 Å². The summed E-state index contributed by atoms with van der Waals surface area (Å²) in [6.45, 7) is 3.57. The summed E-state index contributed by atoms with van der Waals surface area (Å²) in [5, 5.41) is 9.77. The summed E-state index contributed by atoms with van der Waals surface area (Å²) in [4.78, 5) is 1.12. The lowest BCUT2D eigenvalue weighted by atomic mass is 9.98. The molecule has 0 saturated heterocycles. The smallest absolute Gasteiger partial charge is 0.138 e. The second kappa shape index (κ2) is 2.93. The van der Waals surface area contributed by atoms with Crippen LogP contribution in [0.25, 0.3) is 0 Å². The zero-order chi connectivity index (χ0) is 9.47. The first-order valence-electron chi connectivity index (χ1n) is 4.20. The average molecular weight is 196 g/mol. The molecule has 2 nitrogen and oxygen atoms in total. The molecular weight excluding hydrogens is 184 g/mol. The van der Waals surface area contributed by atoms with Gasteiger partial charge in [0.25, 0.3) is 0 Å². The molecule has 0 atom stereocenters. The number of rotatable bonds is 1. The van der Waals surface area contributed by atoms with Gasteiger partial charge in [0, 0.05) is 0 Å². The molecule has 0 bridgehead atoms. The molecule has 1 N–H and O–H groups in total. The largest absolute Gasteiger partial charge is 0.481 e. The van der Waals surface area contributed by atoms with E-state index >= 15 is 0 Å². The van der Waals surface area contributed by atoms with E-state index in [1.807, 2.05) is 18.2 Å². The Kier molecular flexibility index (Phi) is 2.00. The third-order valence-corrected chi connectivity index (χ3v) is 2.94. The molecule has 13 heavy (non-hydrogen) atoms. The summed E-state index contributed by atoms with van der Waals surface area (Å²) >= 11 is 1.66. The SMILES string of the molecule is CC(C)(O)c1ccc2c(c1)SCO2. The van der Waals surface area contributed by atoms with Crippen LogP contribution in [0.3, 0.4) is 0 Å². The zero-order valence-corrected chi connectivity index (χ0v) is 8.52. The summed E-state index contributed by atoms with van der Waals surface area (Å²) in [7, 11) is 0. The van der Waals surface area contributed by atoms with E-state index < -0.39 is 5.60 Å². The van der Waals surface area contributed by atoms with Gasteiger partial charge in [-0.3, -0.25) is 0 Å². The first-order chi connectivity index (χ1) is 6.07. The lowest BCUT2D eigenvalue weighted by molar-refractivity contribution is 0.0783. The van der Waals surface area contributed by atoms with Crippen LogP contribution in [-0.2, 0) is 5.60 Å². The van der Waals surface area contributed by atoms with Gasteiger partial charge in [0.15, 0.2) is 0 Å². The third-order valence-electron chi connectivity index (χ3n) is 2.08. The number of hydrogen-bond acceptors (Lipinski definition) is 3. The van der Waals surface area contributed by atoms with Gasteiger partial charge in [-0.1, -0.05) is 17.8 Å². The Bertz CT molecular complexity index is 328. The molecule has 0 fully saturated rings. The number of fused-ring (bicyclic) bond motifs is 1. The Labute approximate surface area is 81.9 Å². The summed E-state index contributed by atoms with van der Waals surface area (Å²) in [5.41, 5.74) is 0.169. The van der Waals surface area contributed by atoms with E-state index in [0.29, 0.717) is 5.94 Å². The Morgan fingerprint density at radius 1 is 1.46 bits per heavy atom. The van der Waals surface area contributed by atoms with Crippen molar-refractivity contribution in [3.05, 3.63) is 23.8 Å².